The first-order valence-electron chi connectivity index (χ1n) is 20.5. The van der Waals surface area contributed by atoms with E-state index in [-0.39, 0.29) is 17.9 Å². The van der Waals surface area contributed by atoms with E-state index in [9.17, 15) is 14.4 Å². The molecule has 66 heavy (non-hydrogen) atoms. The third kappa shape index (κ3) is 10.3. The molecule has 332 valence electrons. The van der Waals surface area contributed by atoms with Crippen LogP contribution in [0.3, 0.4) is 0 Å². The summed E-state index contributed by atoms with van der Waals surface area (Å²) < 4.78 is 19.0. The standard InChI is InChI=1S/C31H23N3O4.C12H14N4.C9H10O3/c1-37-30(35)20-7-3-18(4-8-20)26-17-24-12-11-22(15-27(24)32-26)23-13-14-25-28(16-23)34-29(33-25)19-5-9-21(10-6-19)31(36)38-2;13-9-3-1-7(5-11(9)15)8-2-4-10(14)12(16)6-8;1-11-8-5-3-7(4-6-8)9(10)12-2/h3-16H,17H2,1-2H3,(H,33,34);1-6H,13-16H2;3-6H,1-2H3. The van der Waals surface area contributed by atoms with E-state index in [0.29, 0.717) is 39.4 Å². The number of hydrogen-bond donors (Lipinski definition) is 5. The van der Waals surface area contributed by atoms with E-state index in [4.69, 9.17) is 47.1 Å². The summed E-state index contributed by atoms with van der Waals surface area (Å²) in [4.78, 5) is 47.4. The zero-order valence-electron chi connectivity index (χ0n) is 36.6. The van der Waals surface area contributed by atoms with E-state index in [2.05, 4.69) is 40.1 Å². The minimum atomic E-state index is -0.368. The number of benzene rings is 7. The van der Waals surface area contributed by atoms with Crippen molar-refractivity contribution in [2.75, 3.05) is 51.4 Å². The number of imidazole rings is 1. The Labute approximate surface area is 380 Å². The molecule has 9 rings (SSSR count). The van der Waals surface area contributed by atoms with Crippen molar-refractivity contribution in [1.82, 2.24) is 9.97 Å². The van der Waals surface area contributed by atoms with Crippen LogP contribution in [0.15, 0.2) is 151 Å². The molecule has 7 aromatic carbocycles. The molecule has 14 heteroatoms. The monoisotopic (exact) mass is 881 g/mol. The fourth-order valence-corrected chi connectivity index (χ4v) is 7.01. The molecule has 9 N–H and O–H groups in total. The fraction of sp³-hybridized carbons (Fsp3) is 0.0962. The van der Waals surface area contributed by atoms with E-state index in [0.717, 1.165) is 73.8 Å². The largest absolute Gasteiger partial charge is 0.497 e. The highest BCUT2D eigenvalue weighted by Crippen LogP contribution is 2.35. The zero-order chi connectivity index (χ0) is 46.9. The molecule has 0 fully saturated rings. The molecule has 8 aromatic rings. The van der Waals surface area contributed by atoms with Gasteiger partial charge in [-0.2, -0.15) is 0 Å². The number of nitrogens with zero attached hydrogens (tertiary/aromatic N) is 2. The van der Waals surface area contributed by atoms with Gasteiger partial charge in [0.25, 0.3) is 0 Å². The molecule has 0 bridgehead atoms. The summed E-state index contributed by atoms with van der Waals surface area (Å²) >= 11 is 0. The summed E-state index contributed by atoms with van der Waals surface area (Å²) in [5.41, 5.74) is 37.4. The van der Waals surface area contributed by atoms with Crippen molar-refractivity contribution in [3.8, 4) is 39.4 Å². The van der Waals surface area contributed by atoms with Crippen LogP contribution in [0.4, 0.5) is 28.4 Å². The van der Waals surface area contributed by atoms with Gasteiger partial charge in [-0.1, -0.05) is 54.6 Å². The second kappa shape index (κ2) is 20.1. The maximum atomic E-state index is 11.7. The molecule has 0 atom stereocenters. The Morgan fingerprint density at radius 3 is 1.42 bits per heavy atom. The number of nitrogens with two attached hydrogens (primary N) is 4. The Balaban J connectivity index is 0.000000189. The smallest absolute Gasteiger partial charge is 0.337 e. The van der Waals surface area contributed by atoms with Crippen molar-refractivity contribution in [3.05, 3.63) is 173 Å². The molecule has 0 aliphatic carbocycles. The van der Waals surface area contributed by atoms with Crippen molar-refractivity contribution in [3.63, 3.8) is 0 Å². The SMILES string of the molecule is COC(=O)c1ccc(C2=Nc3cc(-c4ccc5nc(-c6ccc(C(=O)OC)cc6)[nH]c5c4)ccc3C2)cc1.COC(=O)c1ccc(OC)cc1.Nc1ccc(-c2ccc(N)c(N)c2)cc1N. The normalized spacial score (nSPS) is 11.2. The maximum absolute atomic E-state index is 11.7. The first-order chi connectivity index (χ1) is 31.9. The number of aromatic amines is 1. The number of methoxy groups -OCH3 is 4. The first-order valence-corrected chi connectivity index (χ1v) is 20.5. The Hall–Kier alpha value is -8.91. The lowest BCUT2D eigenvalue weighted by molar-refractivity contribution is 0.0592. The number of ether oxygens (including phenoxy) is 4. The summed E-state index contributed by atoms with van der Waals surface area (Å²) in [6.07, 6.45) is 0.741. The molecule has 0 amide bonds. The van der Waals surface area contributed by atoms with Crippen molar-refractivity contribution in [1.29, 1.82) is 0 Å². The van der Waals surface area contributed by atoms with Crippen molar-refractivity contribution < 1.29 is 33.3 Å². The number of carbonyl (C=O) groups is 3. The van der Waals surface area contributed by atoms with Gasteiger partial charge in [0, 0.05) is 12.0 Å². The van der Waals surface area contributed by atoms with Gasteiger partial charge in [-0.15, -0.1) is 0 Å². The molecule has 0 spiro atoms. The molecule has 14 nitrogen and oxygen atoms in total. The van der Waals surface area contributed by atoms with Gasteiger partial charge in [-0.25, -0.2) is 19.4 Å². The minimum absolute atomic E-state index is 0.336. The second-order valence-corrected chi connectivity index (χ2v) is 14.9. The number of rotatable bonds is 8. The fourth-order valence-electron chi connectivity index (χ4n) is 7.01. The van der Waals surface area contributed by atoms with E-state index >= 15 is 0 Å². The molecule has 2 heterocycles. The van der Waals surface area contributed by atoms with E-state index in [1.807, 2.05) is 54.6 Å². The van der Waals surface area contributed by atoms with Gasteiger partial charge < -0.3 is 46.9 Å². The third-order valence-electron chi connectivity index (χ3n) is 10.8. The summed E-state index contributed by atoms with van der Waals surface area (Å²) in [6, 6.07) is 44.7. The molecule has 0 radical (unpaired) electrons. The average molecular weight is 882 g/mol. The van der Waals surface area contributed by atoms with Gasteiger partial charge in [0.15, 0.2) is 0 Å². The highest BCUT2D eigenvalue weighted by Gasteiger charge is 2.18. The Morgan fingerprint density at radius 2 is 0.924 bits per heavy atom. The van der Waals surface area contributed by atoms with Crippen LogP contribution in [0.5, 0.6) is 5.75 Å². The van der Waals surface area contributed by atoms with Gasteiger partial charge in [0.2, 0.25) is 0 Å². The lowest BCUT2D eigenvalue weighted by atomic mass is 9.99. The van der Waals surface area contributed by atoms with Gasteiger partial charge in [0.05, 0.1) is 90.3 Å². The lowest BCUT2D eigenvalue weighted by Crippen LogP contribution is -2.04. The Morgan fingerprint density at radius 1 is 0.485 bits per heavy atom. The Kier molecular flexibility index (Phi) is 13.7. The van der Waals surface area contributed by atoms with Crippen molar-refractivity contribution >= 4 is 63.1 Å². The Bertz CT molecular complexity index is 3040. The second-order valence-electron chi connectivity index (χ2n) is 14.9. The number of esters is 3. The predicted molar refractivity (Wildman–Crippen MR) is 260 cm³/mol. The maximum Gasteiger partial charge on any atom is 0.337 e. The van der Waals surface area contributed by atoms with Crippen LogP contribution in [-0.2, 0) is 20.6 Å². The van der Waals surface area contributed by atoms with Crippen LogP contribution in [0, 0.1) is 0 Å². The number of nitrogens with one attached hydrogen (secondary N) is 1. The molecule has 1 aliphatic rings. The number of hydrogen-bond acceptors (Lipinski definition) is 13. The summed E-state index contributed by atoms with van der Waals surface area (Å²) in [5, 5.41) is 0. The van der Waals surface area contributed by atoms with Gasteiger partial charge in [0.1, 0.15) is 11.6 Å². The van der Waals surface area contributed by atoms with Gasteiger partial charge in [-0.3, -0.25) is 4.99 Å². The lowest BCUT2D eigenvalue weighted by Gasteiger charge is -2.07. The topological polar surface area (TPSA) is 233 Å². The van der Waals surface area contributed by atoms with Crippen LogP contribution in [0.2, 0.25) is 0 Å². The van der Waals surface area contributed by atoms with Gasteiger partial charge >= 0.3 is 17.9 Å². The number of nitrogen functional groups attached to an aromatic ring is 4. The number of anilines is 4. The van der Waals surface area contributed by atoms with E-state index in [1.54, 1.807) is 67.8 Å². The first kappa shape index (κ1) is 45.1. The third-order valence-corrected chi connectivity index (χ3v) is 10.8. The molecule has 0 unspecified atom stereocenters. The number of aromatic nitrogens is 2. The predicted octanol–water partition coefficient (Wildman–Crippen LogP) is 9.31. The van der Waals surface area contributed by atoms with Crippen molar-refractivity contribution in [2.24, 2.45) is 4.99 Å². The molecular formula is C52H47N7O7. The minimum Gasteiger partial charge on any atom is -0.497 e. The number of fused-ring (bicyclic) bond motifs is 2. The quantitative estimate of drug-likeness (QED) is 0.0546. The van der Waals surface area contributed by atoms with Crippen LogP contribution in [0.1, 0.15) is 42.2 Å². The summed E-state index contributed by atoms with van der Waals surface area (Å²) in [7, 11) is 5.67. The van der Waals surface area contributed by atoms with E-state index < -0.39 is 0 Å². The van der Waals surface area contributed by atoms with Crippen LogP contribution >= 0.6 is 0 Å². The zero-order valence-corrected chi connectivity index (χ0v) is 36.6. The van der Waals surface area contributed by atoms with Crippen LogP contribution < -0.4 is 27.7 Å². The van der Waals surface area contributed by atoms with Gasteiger partial charge in [-0.05, 0) is 124 Å². The number of aliphatic imine (C=N–C) groups is 1. The molecule has 1 aliphatic heterocycles. The van der Waals surface area contributed by atoms with E-state index in [1.165, 1.54) is 26.9 Å². The highest BCUT2D eigenvalue weighted by atomic mass is 16.5. The molecule has 0 saturated heterocycles. The number of H-pyrrole nitrogens is 1. The van der Waals surface area contributed by atoms with Crippen LogP contribution in [-0.4, -0.2) is 62.0 Å². The summed E-state index contributed by atoms with van der Waals surface area (Å²) in [5.74, 6) is 0.402. The molecular weight excluding hydrogens is 835 g/mol. The highest BCUT2D eigenvalue weighted by molar-refractivity contribution is 6.07. The molecule has 1 aromatic heterocycles. The average Bonchev–Trinajstić information content (AvgIpc) is 4.00. The van der Waals surface area contributed by atoms with Crippen molar-refractivity contribution in [2.45, 2.75) is 6.42 Å². The summed E-state index contributed by atoms with van der Waals surface area (Å²) in [6.45, 7) is 0. The molecule has 0 saturated carbocycles. The number of carbonyl (C=O) groups excluding carboxylic acids is 3. The van der Waals surface area contributed by atoms with Crippen LogP contribution in [0.25, 0.3) is 44.7 Å².